The molecule has 0 spiro atoms. The quantitative estimate of drug-likeness (QED) is 0.616. The first-order chi connectivity index (χ1) is 8.36. The molecule has 3 rings (SSSR count). The first kappa shape index (κ1) is 11.2. The molecule has 0 aromatic heterocycles. The molecule has 0 amide bonds. The highest BCUT2D eigenvalue weighted by Crippen LogP contribution is 2.49. The molecule has 2 aliphatic rings. The van der Waals surface area contributed by atoms with E-state index in [2.05, 4.69) is 35.8 Å². The van der Waals surface area contributed by atoms with Crippen molar-refractivity contribution in [2.45, 2.75) is 38.1 Å². The number of fused-ring (bicyclic) bond motifs is 2. The Morgan fingerprint density at radius 3 is 2.59 bits per heavy atom. The second-order valence-corrected chi connectivity index (χ2v) is 5.80. The Morgan fingerprint density at radius 1 is 1.18 bits per heavy atom. The molecular formula is C15H22N2. The molecule has 92 valence electrons. The van der Waals surface area contributed by atoms with E-state index in [4.69, 9.17) is 5.84 Å². The Morgan fingerprint density at radius 2 is 2.00 bits per heavy atom. The van der Waals surface area contributed by atoms with Crippen molar-refractivity contribution >= 4 is 0 Å². The standard InChI is InChI=1S/C15H22N2/c16-17-15(10-11-4-2-1-3-5-11)14-9-12-6-7-13(14)8-12/h1-5,12-15,17H,6-10,16H2. The maximum absolute atomic E-state index is 5.78. The van der Waals surface area contributed by atoms with Crippen LogP contribution in [0, 0.1) is 17.8 Å². The molecule has 2 heteroatoms. The van der Waals surface area contributed by atoms with Crippen LogP contribution in [0.15, 0.2) is 30.3 Å². The molecule has 0 heterocycles. The highest BCUT2D eigenvalue weighted by atomic mass is 15.2. The molecule has 4 atom stereocenters. The molecule has 0 saturated heterocycles. The zero-order valence-corrected chi connectivity index (χ0v) is 10.3. The number of benzene rings is 1. The van der Waals surface area contributed by atoms with E-state index in [1.54, 1.807) is 0 Å². The van der Waals surface area contributed by atoms with Crippen molar-refractivity contribution in [2.24, 2.45) is 23.6 Å². The molecule has 1 aromatic rings. The Balaban J connectivity index is 1.68. The van der Waals surface area contributed by atoms with Gasteiger partial charge in [0.05, 0.1) is 0 Å². The number of nitrogens with two attached hydrogens (primary N) is 1. The van der Waals surface area contributed by atoms with Crippen LogP contribution in [0.4, 0.5) is 0 Å². The van der Waals surface area contributed by atoms with Crippen molar-refractivity contribution in [1.82, 2.24) is 5.43 Å². The van der Waals surface area contributed by atoms with E-state index in [1.807, 2.05) is 0 Å². The van der Waals surface area contributed by atoms with Gasteiger partial charge in [0.15, 0.2) is 0 Å². The molecule has 2 bridgehead atoms. The molecule has 3 N–H and O–H groups in total. The lowest BCUT2D eigenvalue weighted by molar-refractivity contribution is 0.248. The number of nitrogens with one attached hydrogen (secondary N) is 1. The first-order valence-corrected chi connectivity index (χ1v) is 6.87. The molecule has 0 radical (unpaired) electrons. The highest BCUT2D eigenvalue weighted by molar-refractivity contribution is 5.16. The predicted molar refractivity (Wildman–Crippen MR) is 70.2 cm³/mol. The van der Waals surface area contributed by atoms with Gasteiger partial charge in [0.25, 0.3) is 0 Å². The molecule has 4 unspecified atom stereocenters. The summed E-state index contributed by atoms with van der Waals surface area (Å²) in [5.41, 5.74) is 4.48. The lowest BCUT2D eigenvalue weighted by Gasteiger charge is -2.30. The largest absolute Gasteiger partial charge is 0.271 e. The molecule has 17 heavy (non-hydrogen) atoms. The smallest absolute Gasteiger partial charge is 0.0281 e. The lowest BCUT2D eigenvalue weighted by atomic mass is 9.81. The lowest BCUT2D eigenvalue weighted by Crippen LogP contribution is -2.44. The monoisotopic (exact) mass is 230 g/mol. The summed E-state index contributed by atoms with van der Waals surface area (Å²) in [7, 11) is 0. The minimum absolute atomic E-state index is 0.465. The van der Waals surface area contributed by atoms with Gasteiger partial charge in [0, 0.05) is 6.04 Å². The van der Waals surface area contributed by atoms with E-state index in [0.717, 1.165) is 24.2 Å². The Hall–Kier alpha value is -0.860. The summed E-state index contributed by atoms with van der Waals surface area (Å²) < 4.78 is 0. The van der Waals surface area contributed by atoms with Crippen LogP contribution in [0.2, 0.25) is 0 Å². The molecule has 2 aliphatic carbocycles. The summed E-state index contributed by atoms with van der Waals surface area (Å²) in [4.78, 5) is 0. The van der Waals surface area contributed by atoms with Crippen LogP contribution < -0.4 is 11.3 Å². The van der Waals surface area contributed by atoms with Gasteiger partial charge in [-0.2, -0.15) is 0 Å². The van der Waals surface area contributed by atoms with E-state index in [0.29, 0.717) is 6.04 Å². The third kappa shape index (κ3) is 2.24. The van der Waals surface area contributed by atoms with Crippen molar-refractivity contribution in [1.29, 1.82) is 0 Å². The molecular weight excluding hydrogens is 208 g/mol. The average Bonchev–Trinajstić information content (AvgIpc) is 2.99. The van der Waals surface area contributed by atoms with Crippen molar-refractivity contribution in [3.63, 3.8) is 0 Å². The average molecular weight is 230 g/mol. The fraction of sp³-hybridized carbons (Fsp3) is 0.600. The summed E-state index contributed by atoms with van der Waals surface area (Å²) in [5, 5.41) is 0. The van der Waals surface area contributed by atoms with Crippen LogP contribution >= 0.6 is 0 Å². The van der Waals surface area contributed by atoms with Gasteiger partial charge in [-0.25, -0.2) is 0 Å². The normalized spacial score (nSPS) is 32.9. The van der Waals surface area contributed by atoms with Crippen molar-refractivity contribution < 1.29 is 0 Å². The van der Waals surface area contributed by atoms with E-state index in [1.165, 1.54) is 31.2 Å². The van der Waals surface area contributed by atoms with Crippen LogP contribution in [-0.4, -0.2) is 6.04 Å². The Bertz CT molecular complexity index is 362. The fourth-order valence-corrected chi connectivity index (χ4v) is 3.99. The second-order valence-electron chi connectivity index (χ2n) is 5.80. The maximum atomic E-state index is 5.78. The Kier molecular flexibility index (Phi) is 3.17. The maximum Gasteiger partial charge on any atom is 0.0281 e. The third-order valence-corrected chi connectivity index (χ3v) is 4.82. The van der Waals surface area contributed by atoms with Crippen LogP contribution in [-0.2, 0) is 6.42 Å². The van der Waals surface area contributed by atoms with Crippen LogP contribution in [0.3, 0.4) is 0 Å². The topological polar surface area (TPSA) is 38.0 Å². The molecule has 2 nitrogen and oxygen atoms in total. The minimum Gasteiger partial charge on any atom is -0.271 e. The van der Waals surface area contributed by atoms with Crippen molar-refractivity contribution in [2.75, 3.05) is 0 Å². The molecule has 1 aromatic carbocycles. The van der Waals surface area contributed by atoms with Gasteiger partial charge in [0.1, 0.15) is 0 Å². The predicted octanol–water partition coefficient (Wildman–Crippen LogP) is 2.50. The van der Waals surface area contributed by atoms with E-state index in [-0.39, 0.29) is 0 Å². The number of hydrogen-bond acceptors (Lipinski definition) is 2. The molecule has 0 aliphatic heterocycles. The SMILES string of the molecule is NNC(Cc1ccccc1)C1CC2CCC1C2. The van der Waals surface area contributed by atoms with E-state index >= 15 is 0 Å². The Labute approximate surface area is 104 Å². The summed E-state index contributed by atoms with van der Waals surface area (Å²) in [6, 6.07) is 11.2. The summed E-state index contributed by atoms with van der Waals surface area (Å²) in [6.45, 7) is 0. The number of hydrogen-bond donors (Lipinski definition) is 2. The van der Waals surface area contributed by atoms with Gasteiger partial charge in [-0.05, 0) is 49.0 Å². The van der Waals surface area contributed by atoms with Gasteiger partial charge < -0.3 is 0 Å². The first-order valence-electron chi connectivity index (χ1n) is 6.87. The summed E-state index contributed by atoms with van der Waals surface area (Å²) >= 11 is 0. The number of hydrazine groups is 1. The van der Waals surface area contributed by atoms with Gasteiger partial charge in [-0.3, -0.25) is 11.3 Å². The minimum atomic E-state index is 0.465. The van der Waals surface area contributed by atoms with Crippen LogP contribution in [0.25, 0.3) is 0 Å². The van der Waals surface area contributed by atoms with Gasteiger partial charge in [0.2, 0.25) is 0 Å². The summed E-state index contributed by atoms with van der Waals surface area (Å²) in [5.74, 6) is 8.52. The summed E-state index contributed by atoms with van der Waals surface area (Å²) in [6.07, 6.45) is 6.82. The zero-order chi connectivity index (χ0) is 11.7. The van der Waals surface area contributed by atoms with Gasteiger partial charge in [-0.1, -0.05) is 36.8 Å². The molecule has 2 fully saturated rings. The van der Waals surface area contributed by atoms with E-state index < -0.39 is 0 Å². The van der Waals surface area contributed by atoms with Crippen molar-refractivity contribution in [3.8, 4) is 0 Å². The zero-order valence-electron chi connectivity index (χ0n) is 10.3. The highest BCUT2D eigenvalue weighted by Gasteiger charge is 2.42. The molecule has 2 saturated carbocycles. The van der Waals surface area contributed by atoms with Gasteiger partial charge in [-0.15, -0.1) is 0 Å². The fourth-order valence-electron chi connectivity index (χ4n) is 3.99. The second kappa shape index (κ2) is 4.79. The van der Waals surface area contributed by atoms with Gasteiger partial charge >= 0.3 is 0 Å². The van der Waals surface area contributed by atoms with Crippen LogP contribution in [0.5, 0.6) is 0 Å². The van der Waals surface area contributed by atoms with Crippen molar-refractivity contribution in [3.05, 3.63) is 35.9 Å². The number of rotatable bonds is 4. The van der Waals surface area contributed by atoms with Crippen LogP contribution in [0.1, 0.15) is 31.2 Å². The third-order valence-electron chi connectivity index (χ3n) is 4.82. The van der Waals surface area contributed by atoms with E-state index in [9.17, 15) is 0 Å².